The number of hydrogen-bond donors (Lipinski definition) is 1. The molecule has 0 saturated heterocycles. The summed E-state index contributed by atoms with van der Waals surface area (Å²) in [7, 11) is 3.68. The summed E-state index contributed by atoms with van der Waals surface area (Å²) in [4.78, 5) is 4.17. The third-order valence-electron chi connectivity index (χ3n) is 1.69. The van der Waals surface area contributed by atoms with Gasteiger partial charge in [0.25, 0.3) is 0 Å². The van der Waals surface area contributed by atoms with Gasteiger partial charge >= 0.3 is 0 Å². The molecule has 0 spiro atoms. The van der Waals surface area contributed by atoms with Crippen molar-refractivity contribution in [2.24, 2.45) is 7.05 Å². The molecule has 12 heavy (non-hydrogen) atoms. The van der Waals surface area contributed by atoms with Crippen LogP contribution in [-0.4, -0.2) is 29.8 Å². The van der Waals surface area contributed by atoms with Gasteiger partial charge in [0.15, 0.2) is 0 Å². The molecule has 0 bridgehead atoms. The third-order valence-corrected chi connectivity index (χ3v) is 1.69. The second-order valence-corrected chi connectivity index (χ2v) is 2.62. The van der Waals surface area contributed by atoms with Crippen molar-refractivity contribution >= 4 is 0 Å². The van der Waals surface area contributed by atoms with Crippen molar-refractivity contribution < 1.29 is 4.74 Å². The predicted molar refractivity (Wildman–Crippen MR) is 46.8 cm³/mol. The van der Waals surface area contributed by atoms with Crippen LogP contribution in [0.15, 0.2) is 12.4 Å². The van der Waals surface area contributed by atoms with Crippen LogP contribution < -0.4 is 5.32 Å². The Labute approximate surface area is 72.6 Å². The Hall–Kier alpha value is -0.870. The second-order valence-electron chi connectivity index (χ2n) is 2.62. The Morgan fingerprint density at radius 3 is 3.08 bits per heavy atom. The molecular weight excluding hydrogens is 154 g/mol. The van der Waals surface area contributed by atoms with E-state index in [4.69, 9.17) is 4.74 Å². The first-order chi connectivity index (χ1) is 5.84. The Balaban J connectivity index is 2.20. The molecule has 0 amide bonds. The van der Waals surface area contributed by atoms with Crippen LogP contribution in [0.4, 0.5) is 0 Å². The topological polar surface area (TPSA) is 39.1 Å². The number of hydrogen-bond acceptors (Lipinski definition) is 3. The summed E-state index contributed by atoms with van der Waals surface area (Å²) in [6.07, 6.45) is 3.74. The normalized spacial score (nSPS) is 10.5. The molecule has 0 fully saturated rings. The first-order valence-corrected chi connectivity index (χ1v) is 4.00. The highest BCUT2D eigenvalue weighted by atomic mass is 16.5. The highest BCUT2D eigenvalue weighted by molar-refractivity contribution is 4.89. The van der Waals surface area contributed by atoms with Gasteiger partial charge in [0.2, 0.25) is 0 Å². The van der Waals surface area contributed by atoms with Gasteiger partial charge in [-0.15, -0.1) is 0 Å². The maximum atomic E-state index is 4.90. The summed E-state index contributed by atoms with van der Waals surface area (Å²) >= 11 is 0. The van der Waals surface area contributed by atoms with E-state index in [-0.39, 0.29) is 0 Å². The van der Waals surface area contributed by atoms with Crippen LogP contribution in [-0.2, 0) is 18.3 Å². The van der Waals surface area contributed by atoms with Crippen LogP contribution in [0.25, 0.3) is 0 Å². The Morgan fingerprint density at radius 2 is 2.50 bits per heavy atom. The average molecular weight is 169 g/mol. The molecule has 68 valence electrons. The Kier molecular flexibility index (Phi) is 3.76. The van der Waals surface area contributed by atoms with Crippen molar-refractivity contribution in [1.82, 2.24) is 14.9 Å². The summed E-state index contributed by atoms with van der Waals surface area (Å²) in [6.45, 7) is 2.40. The minimum Gasteiger partial charge on any atom is -0.383 e. The number of rotatable bonds is 5. The number of ether oxygens (including phenoxy) is 1. The highest BCUT2D eigenvalue weighted by Gasteiger charge is 1.96. The lowest BCUT2D eigenvalue weighted by atomic mass is 10.5. The van der Waals surface area contributed by atoms with Crippen molar-refractivity contribution in [3.63, 3.8) is 0 Å². The largest absolute Gasteiger partial charge is 0.383 e. The van der Waals surface area contributed by atoms with Crippen molar-refractivity contribution in [3.05, 3.63) is 18.2 Å². The summed E-state index contributed by atoms with van der Waals surface area (Å²) in [5.41, 5.74) is 0. The first-order valence-electron chi connectivity index (χ1n) is 4.00. The molecular formula is C8H15N3O. The molecule has 1 rings (SSSR count). The minimum atomic E-state index is 0.740. The van der Waals surface area contributed by atoms with Gasteiger partial charge < -0.3 is 14.6 Å². The van der Waals surface area contributed by atoms with Crippen LogP contribution in [0.3, 0.4) is 0 Å². The van der Waals surface area contributed by atoms with Gasteiger partial charge in [-0.2, -0.15) is 0 Å². The van der Waals surface area contributed by atoms with E-state index in [2.05, 4.69) is 10.3 Å². The van der Waals surface area contributed by atoms with Crippen LogP contribution in [0, 0.1) is 0 Å². The van der Waals surface area contributed by atoms with E-state index in [0.29, 0.717) is 0 Å². The molecule has 0 aliphatic heterocycles. The van der Waals surface area contributed by atoms with E-state index in [0.717, 1.165) is 25.5 Å². The zero-order valence-electron chi connectivity index (χ0n) is 7.58. The summed E-state index contributed by atoms with van der Waals surface area (Å²) < 4.78 is 6.90. The molecule has 0 aromatic carbocycles. The zero-order chi connectivity index (χ0) is 8.81. The lowest BCUT2D eigenvalue weighted by Crippen LogP contribution is -2.20. The molecule has 0 unspecified atom stereocenters. The maximum Gasteiger partial charge on any atom is 0.122 e. The predicted octanol–water partition coefficient (Wildman–Crippen LogP) is 0.156. The quantitative estimate of drug-likeness (QED) is 0.638. The van der Waals surface area contributed by atoms with Crippen molar-refractivity contribution in [1.29, 1.82) is 0 Å². The Bertz CT molecular complexity index is 222. The van der Waals surface area contributed by atoms with Gasteiger partial charge in [0, 0.05) is 33.1 Å². The summed E-state index contributed by atoms with van der Waals surface area (Å²) in [5.74, 6) is 1.05. The molecule has 1 aromatic heterocycles. The SMILES string of the molecule is COCCNCc1nccn1C. The lowest BCUT2D eigenvalue weighted by Gasteiger charge is -2.03. The standard InChI is InChI=1S/C8H15N3O/c1-11-5-3-10-8(11)7-9-4-6-12-2/h3,5,9H,4,6-7H2,1-2H3. The van der Waals surface area contributed by atoms with Gasteiger partial charge in [-0.05, 0) is 0 Å². The fourth-order valence-corrected chi connectivity index (χ4v) is 0.941. The molecule has 4 heteroatoms. The number of methoxy groups -OCH3 is 1. The first kappa shape index (κ1) is 9.22. The van der Waals surface area contributed by atoms with E-state index in [1.165, 1.54) is 0 Å². The fourth-order valence-electron chi connectivity index (χ4n) is 0.941. The number of aryl methyl sites for hydroxylation is 1. The Morgan fingerprint density at radius 1 is 1.67 bits per heavy atom. The summed E-state index contributed by atoms with van der Waals surface area (Å²) in [6, 6.07) is 0. The van der Waals surface area contributed by atoms with Gasteiger partial charge in [0.1, 0.15) is 5.82 Å². The minimum absolute atomic E-state index is 0.740. The summed E-state index contributed by atoms with van der Waals surface area (Å²) in [5, 5.41) is 3.22. The van der Waals surface area contributed by atoms with E-state index >= 15 is 0 Å². The van der Waals surface area contributed by atoms with Crippen LogP contribution in [0.2, 0.25) is 0 Å². The number of imidazole rings is 1. The zero-order valence-corrected chi connectivity index (χ0v) is 7.58. The van der Waals surface area contributed by atoms with E-state index < -0.39 is 0 Å². The van der Waals surface area contributed by atoms with Crippen LogP contribution in [0.5, 0.6) is 0 Å². The second kappa shape index (κ2) is 4.90. The molecule has 0 radical (unpaired) electrons. The van der Waals surface area contributed by atoms with Gasteiger partial charge in [0.05, 0.1) is 13.2 Å². The van der Waals surface area contributed by atoms with Crippen LogP contribution >= 0.6 is 0 Å². The molecule has 0 saturated carbocycles. The molecule has 0 atom stereocenters. The average Bonchev–Trinajstić information content (AvgIpc) is 2.46. The van der Waals surface area contributed by atoms with Gasteiger partial charge in [-0.25, -0.2) is 4.98 Å². The molecule has 4 nitrogen and oxygen atoms in total. The number of aromatic nitrogens is 2. The molecule has 1 aromatic rings. The molecule has 1 heterocycles. The highest BCUT2D eigenvalue weighted by Crippen LogP contribution is 1.91. The fraction of sp³-hybridized carbons (Fsp3) is 0.625. The smallest absolute Gasteiger partial charge is 0.122 e. The van der Waals surface area contributed by atoms with Crippen molar-refractivity contribution in [3.8, 4) is 0 Å². The van der Waals surface area contributed by atoms with Crippen molar-refractivity contribution in [2.75, 3.05) is 20.3 Å². The van der Waals surface area contributed by atoms with Crippen molar-refractivity contribution in [2.45, 2.75) is 6.54 Å². The molecule has 0 aliphatic rings. The maximum absolute atomic E-state index is 4.90. The monoisotopic (exact) mass is 169 g/mol. The van der Waals surface area contributed by atoms with Gasteiger partial charge in [-0.3, -0.25) is 0 Å². The van der Waals surface area contributed by atoms with E-state index in [1.54, 1.807) is 13.3 Å². The van der Waals surface area contributed by atoms with E-state index in [9.17, 15) is 0 Å². The van der Waals surface area contributed by atoms with E-state index in [1.807, 2.05) is 17.8 Å². The number of nitrogens with zero attached hydrogens (tertiary/aromatic N) is 2. The lowest BCUT2D eigenvalue weighted by molar-refractivity contribution is 0.199. The number of nitrogens with one attached hydrogen (secondary N) is 1. The molecule has 0 aliphatic carbocycles. The molecule has 1 N–H and O–H groups in total. The van der Waals surface area contributed by atoms with Crippen LogP contribution in [0.1, 0.15) is 5.82 Å². The van der Waals surface area contributed by atoms with Gasteiger partial charge in [-0.1, -0.05) is 0 Å². The third kappa shape index (κ3) is 2.64.